The summed E-state index contributed by atoms with van der Waals surface area (Å²) in [6.07, 6.45) is 2.86. The van der Waals surface area contributed by atoms with E-state index in [2.05, 4.69) is 13.8 Å². The van der Waals surface area contributed by atoms with Crippen LogP contribution >= 0.6 is 11.8 Å². The van der Waals surface area contributed by atoms with Crippen LogP contribution in [0.5, 0.6) is 0 Å². The van der Waals surface area contributed by atoms with Crippen LogP contribution in [0.1, 0.15) is 33.1 Å². The average molecular weight is 205 g/mol. The molecule has 0 aromatic rings. The van der Waals surface area contributed by atoms with Crippen molar-refractivity contribution in [1.82, 2.24) is 0 Å². The second-order valence-corrected chi connectivity index (χ2v) is 4.73. The summed E-state index contributed by atoms with van der Waals surface area (Å²) in [6, 6.07) is 0. The van der Waals surface area contributed by atoms with Gasteiger partial charge in [-0.3, -0.25) is 0 Å². The van der Waals surface area contributed by atoms with E-state index in [0.29, 0.717) is 12.5 Å². The Morgan fingerprint density at radius 2 is 2.00 bits per heavy atom. The first-order valence-corrected chi connectivity index (χ1v) is 6.37. The summed E-state index contributed by atoms with van der Waals surface area (Å²) >= 11 is 1.88. The fourth-order valence-electron chi connectivity index (χ4n) is 1.42. The van der Waals surface area contributed by atoms with Crippen molar-refractivity contribution in [2.24, 2.45) is 11.7 Å². The van der Waals surface area contributed by atoms with E-state index in [1.54, 1.807) is 0 Å². The number of hydrogen-bond acceptors (Lipinski definition) is 3. The Labute approximate surface area is 86.3 Å². The van der Waals surface area contributed by atoms with E-state index in [9.17, 15) is 5.11 Å². The van der Waals surface area contributed by atoms with Crippen LogP contribution in [-0.2, 0) is 0 Å². The molecule has 2 atom stereocenters. The van der Waals surface area contributed by atoms with E-state index in [-0.39, 0.29) is 6.10 Å². The van der Waals surface area contributed by atoms with Crippen LogP contribution < -0.4 is 5.73 Å². The highest BCUT2D eigenvalue weighted by molar-refractivity contribution is 7.99. The molecule has 3 N–H and O–H groups in total. The van der Waals surface area contributed by atoms with Gasteiger partial charge in [0.2, 0.25) is 0 Å². The highest BCUT2D eigenvalue weighted by atomic mass is 32.2. The predicted octanol–water partition coefficient (Wildman–Crippen LogP) is 1.87. The summed E-state index contributed by atoms with van der Waals surface area (Å²) in [5.74, 6) is 2.49. The lowest BCUT2D eigenvalue weighted by molar-refractivity contribution is 0.103. The molecule has 13 heavy (non-hydrogen) atoms. The van der Waals surface area contributed by atoms with Gasteiger partial charge in [-0.2, -0.15) is 11.8 Å². The van der Waals surface area contributed by atoms with Gasteiger partial charge in [-0.1, -0.05) is 20.3 Å². The standard InChI is InChI=1S/C10H23NOS/c1-3-5-9(8-11)10(12)6-7-13-4-2/h9-10,12H,3-8,11H2,1-2H3. The van der Waals surface area contributed by atoms with E-state index in [1.807, 2.05) is 11.8 Å². The first-order valence-electron chi connectivity index (χ1n) is 5.22. The van der Waals surface area contributed by atoms with E-state index >= 15 is 0 Å². The van der Waals surface area contributed by atoms with Crippen LogP contribution in [0, 0.1) is 5.92 Å². The molecule has 0 amide bonds. The molecular weight excluding hydrogens is 182 g/mol. The Bertz CT molecular complexity index is 111. The Morgan fingerprint density at radius 1 is 1.31 bits per heavy atom. The highest BCUT2D eigenvalue weighted by Gasteiger charge is 2.15. The molecule has 0 aliphatic rings. The molecule has 2 unspecified atom stereocenters. The second-order valence-electron chi connectivity index (χ2n) is 3.34. The van der Waals surface area contributed by atoms with E-state index in [4.69, 9.17) is 5.73 Å². The molecule has 80 valence electrons. The number of aliphatic hydroxyl groups is 1. The normalized spacial score (nSPS) is 15.7. The number of aliphatic hydroxyl groups excluding tert-OH is 1. The third kappa shape index (κ3) is 6.36. The number of rotatable bonds is 8. The molecule has 2 nitrogen and oxygen atoms in total. The molecule has 3 heteroatoms. The zero-order valence-corrected chi connectivity index (χ0v) is 9.65. The molecule has 0 aromatic carbocycles. The average Bonchev–Trinajstić information content (AvgIpc) is 2.14. The molecule has 0 saturated heterocycles. The van der Waals surface area contributed by atoms with Gasteiger partial charge in [0.15, 0.2) is 0 Å². The number of nitrogens with two attached hydrogens (primary N) is 1. The third-order valence-corrected chi connectivity index (χ3v) is 3.20. The van der Waals surface area contributed by atoms with Gasteiger partial charge in [-0.25, -0.2) is 0 Å². The molecule has 0 radical (unpaired) electrons. The molecule has 0 saturated carbocycles. The maximum absolute atomic E-state index is 9.77. The lowest BCUT2D eigenvalue weighted by Crippen LogP contribution is -2.28. The van der Waals surface area contributed by atoms with Gasteiger partial charge in [-0.15, -0.1) is 0 Å². The Hall–Kier alpha value is 0.270. The van der Waals surface area contributed by atoms with Crippen molar-refractivity contribution in [2.75, 3.05) is 18.1 Å². The fraction of sp³-hybridized carbons (Fsp3) is 1.00. The Morgan fingerprint density at radius 3 is 2.46 bits per heavy atom. The quantitative estimate of drug-likeness (QED) is 0.595. The van der Waals surface area contributed by atoms with Gasteiger partial charge in [0.25, 0.3) is 0 Å². The van der Waals surface area contributed by atoms with Gasteiger partial charge < -0.3 is 10.8 Å². The lowest BCUT2D eigenvalue weighted by atomic mass is 9.96. The van der Waals surface area contributed by atoms with Gasteiger partial charge in [-0.05, 0) is 36.8 Å². The first-order chi connectivity index (χ1) is 6.26. The third-order valence-electron chi connectivity index (χ3n) is 2.27. The van der Waals surface area contributed by atoms with Crippen molar-refractivity contribution in [3.05, 3.63) is 0 Å². The van der Waals surface area contributed by atoms with Crippen molar-refractivity contribution in [3.8, 4) is 0 Å². The van der Waals surface area contributed by atoms with E-state index < -0.39 is 0 Å². The smallest absolute Gasteiger partial charge is 0.0588 e. The largest absolute Gasteiger partial charge is 0.393 e. The molecule has 0 heterocycles. The monoisotopic (exact) mass is 205 g/mol. The molecule has 0 aliphatic heterocycles. The molecule has 0 fully saturated rings. The minimum Gasteiger partial charge on any atom is -0.393 e. The van der Waals surface area contributed by atoms with Crippen molar-refractivity contribution in [2.45, 2.75) is 39.2 Å². The SMILES string of the molecule is CCCC(CN)C(O)CCSCC. The summed E-state index contributed by atoms with van der Waals surface area (Å²) in [6.45, 7) is 4.89. The van der Waals surface area contributed by atoms with E-state index in [0.717, 1.165) is 30.8 Å². The Balaban J connectivity index is 3.57. The summed E-state index contributed by atoms with van der Waals surface area (Å²) in [7, 11) is 0. The molecular formula is C10H23NOS. The number of thioether (sulfide) groups is 1. The molecule has 0 aromatic heterocycles. The van der Waals surface area contributed by atoms with Crippen molar-refractivity contribution in [1.29, 1.82) is 0 Å². The van der Waals surface area contributed by atoms with Crippen LogP contribution in [0.4, 0.5) is 0 Å². The highest BCUT2D eigenvalue weighted by Crippen LogP contribution is 2.15. The Kier molecular flexibility index (Phi) is 9.03. The van der Waals surface area contributed by atoms with Crippen molar-refractivity contribution in [3.63, 3.8) is 0 Å². The van der Waals surface area contributed by atoms with Gasteiger partial charge >= 0.3 is 0 Å². The second kappa shape index (κ2) is 8.85. The van der Waals surface area contributed by atoms with Crippen LogP contribution in [0.2, 0.25) is 0 Å². The minimum absolute atomic E-state index is 0.191. The first kappa shape index (κ1) is 13.3. The van der Waals surface area contributed by atoms with Crippen LogP contribution in [0.3, 0.4) is 0 Å². The van der Waals surface area contributed by atoms with Crippen molar-refractivity contribution < 1.29 is 5.11 Å². The lowest BCUT2D eigenvalue weighted by Gasteiger charge is -2.20. The summed E-state index contributed by atoms with van der Waals surface area (Å²) in [5.41, 5.74) is 5.60. The van der Waals surface area contributed by atoms with Gasteiger partial charge in [0.05, 0.1) is 6.10 Å². The number of hydrogen-bond donors (Lipinski definition) is 2. The van der Waals surface area contributed by atoms with Crippen LogP contribution in [0.25, 0.3) is 0 Å². The van der Waals surface area contributed by atoms with Gasteiger partial charge in [0, 0.05) is 0 Å². The maximum atomic E-state index is 9.77. The topological polar surface area (TPSA) is 46.2 Å². The minimum atomic E-state index is -0.191. The summed E-state index contributed by atoms with van der Waals surface area (Å²) in [4.78, 5) is 0. The molecule has 0 bridgehead atoms. The zero-order chi connectivity index (χ0) is 10.1. The van der Waals surface area contributed by atoms with Crippen LogP contribution in [-0.4, -0.2) is 29.3 Å². The fourth-order valence-corrected chi connectivity index (χ4v) is 2.12. The van der Waals surface area contributed by atoms with Crippen molar-refractivity contribution >= 4 is 11.8 Å². The van der Waals surface area contributed by atoms with E-state index in [1.165, 1.54) is 0 Å². The zero-order valence-electron chi connectivity index (χ0n) is 8.83. The predicted molar refractivity (Wildman–Crippen MR) is 61.1 cm³/mol. The van der Waals surface area contributed by atoms with Crippen LogP contribution in [0.15, 0.2) is 0 Å². The maximum Gasteiger partial charge on any atom is 0.0588 e. The molecule has 0 aliphatic carbocycles. The molecule has 0 rings (SSSR count). The summed E-state index contributed by atoms with van der Waals surface area (Å²) < 4.78 is 0. The summed E-state index contributed by atoms with van der Waals surface area (Å²) in [5, 5.41) is 9.77. The molecule has 0 spiro atoms. The van der Waals surface area contributed by atoms with Gasteiger partial charge in [0.1, 0.15) is 0 Å².